The first-order valence-corrected chi connectivity index (χ1v) is 9.37. The Kier molecular flexibility index (Phi) is 6.47. The zero-order chi connectivity index (χ0) is 22.6. The highest BCUT2D eigenvalue weighted by Gasteiger charge is 2.33. The fraction of sp³-hybridized carbons (Fsp3) is 0.286. The number of hydrogen-bond donors (Lipinski definition) is 1. The predicted molar refractivity (Wildman–Crippen MR) is 107 cm³/mol. The van der Waals surface area contributed by atoms with Crippen LogP contribution in [0.25, 0.3) is 0 Å². The number of halogens is 3. The molecule has 0 atom stereocenters. The summed E-state index contributed by atoms with van der Waals surface area (Å²) < 4.78 is 47.1. The van der Waals surface area contributed by atoms with Gasteiger partial charge in [0.05, 0.1) is 12.8 Å². The van der Waals surface area contributed by atoms with E-state index in [-0.39, 0.29) is 17.6 Å². The van der Waals surface area contributed by atoms with E-state index in [9.17, 15) is 22.8 Å². The summed E-state index contributed by atoms with van der Waals surface area (Å²) >= 11 is 0. The standard InChI is InChI=1S/C21H20F3N3O4/c1-13(28)25-16-8-5-14(6-9-16)20(29)27-11-3-4-17(26-27)15-7-10-18(30-2)19(12-15)31-21(22,23)24/h5-10,12H,3-4,11H2,1-2H3,(H,25,28). The van der Waals surface area contributed by atoms with E-state index in [1.165, 1.54) is 31.2 Å². The number of hydrazone groups is 1. The molecule has 0 bridgehead atoms. The quantitative estimate of drug-likeness (QED) is 0.764. The van der Waals surface area contributed by atoms with Crippen LogP contribution >= 0.6 is 0 Å². The number of ether oxygens (including phenoxy) is 2. The van der Waals surface area contributed by atoms with Crippen LogP contribution in [0.3, 0.4) is 0 Å². The van der Waals surface area contributed by atoms with Gasteiger partial charge in [0, 0.05) is 30.3 Å². The molecule has 1 heterocycles. The van der Waals surface area contributed by atoms with Crippen molar-refractivity contribution in [3.05, 3.63) is 53.6 Å². The van der Waals surface area contributed by atoms with Gasteiger partial charge in [-0.2, -0.15) is 5.10 Å². The van der Waals surface area contributed by atoms with Crippen molar-refractivity contribution in [2.24, 2.45) is 5.10 Å². The van der Waals surface area contributed by atoms with Crippen molar-refractivity contribution in [2.45, 2.75) is 26.1 Å². The Hall–Kier alpha value is -3.56. The largest absolute Gasteiger partial charge is 0.573 e. The van der Waals surface area contributed by atoms with Crippen molar-refractivity contribution in [3.8, 4) is 11.5 Å². The molecule has 0 aliphatic carbocycles. The molecule has 0 spiro atoms. The maximum Gasteiger partial charge on any atom is 0.573 e. The minimum atomic E-state index is -4.87. The van der Waals surface area contributed by atoms with Crippen molar-refractivity contribution in [1.29, 1.82) is 0 Å². The number of nitrogens with zero attached hydrogens (tertiary/aromatic N) is 2. The smallest absolute Gasteiger partial charge is 0.493 e. The van der Waals surface area contributed by atoms with E-state index >= 15 is 0 Å². The Balaban J connectivity index is 1.83. The Morgan fingerprint density at radius 3 is 2.42 bits per heavy atom. The highest BCUT2D eigenvalue weighted by atomic mass is 19.4. The topological polar surface area (TPSA) is 80.2 Å². The second-order valence-corrected chi connectivity index (χ2v) is 6.75. The molecular weight excluding hydrogens is 415 g/mol. The predicted octanol–water partition coefficient (Wildman–Crippen LogP) is 4.19. The zero-order valence-corrected chi connectivity index (χ0v) is 16.8. The molecule has 7 nitrogen and oxygen atoms in total. The minimum absolute atomic E-state index is 0.0651. The van der Waals surface area contributed by atoms with E-state index in [0.29, 0.717) is 41.9 Å². The first kappa shape index (κ1) is 22.1. The van der Waals surface area contributed by atoms with Crippen LogP contribution in [-0.4, -0.2) is 42.6 Å². The molecule has 0 aromatic heterocycles. The molecule has 0 saturated heterocycles. The van der Waals surface area contributed by atoms with E-state index < -0.39 is 12.1 Å². The molecule has 1 aliphatic heterocycles. The molecule has 1 N–H and O–H groups in total. The summed E-state index contributed by atoms with van der Waals surface area (Å²) in [4.78, 5) is 23.9. The van der Waals surface area contributed by atoms with Crippen molar-refractivity contribution >= 4 is 23.2 Å². The van der Waals surface area contributed by atoms with Gasteiger partial charge in [-0.25, -0.2) is 5.01 Å². The monoisotopic (exact) mass is 435 g/mol. The summed E-state index contributed by atoms with van der Waals surface area (Å²) in [5.74, 6) is -1.12. The van der Waals surface area contributed by atoms with Gasteiger partial charge in [-0.1, -0.05) is 0 Å². The second kappa shape index (κ2) is 9.07. The van der Waals surface area contributed by atoms with Gasteiger partial charge in [-0.3, -0.25) is 9.59 Å². The lowest BCUT2D eigenvalue weighted by Gasteiger charge is -2.24. The average molecular weight is 435 g/mol. The number of hydrogen-bond acceptors (Lipinski definition) is 5. The van der Waals surface area contributed by atoms with Crippen LogP contribution < -0.4 is 14.8 Å². The van der Waals surface area contributed by atoms with E-state index in [0.717, 1.165) is 0 Å². The SMILES string of the molecule is COc1ccc(C2=NN(C(=O)c3ccc(NC(C)=O)cc3)CCC2)cc1OC(F)(F)F. The Morgan fingerprint density at radius 1 is 1.10 bits per heavy atom. The molecule has 3 rings (SSSR count). The average Bonchev–Trinajstić information content (AvgIpc) is 2.72. The van der Waals surface area contributed by atoms with Crippen LogP contribution in [0.4, 0.5) is 18.9 Å². The third-order valence-corrected chi connectivity index (χ3v) is 4.43. The molecule has 0 radical (unpaired) electrons. The van der Waals surface area contributed by atoms with Gasteiger partial charge >= 0.3 is 6.36 Å². The highest BCUT2D eigenvalue weighted by molar-refractivity contribution is 6.03. The Bertz CT molecular complexity index is 1000. The number of anilines is 1. The first-order valence-electron chi connectivity index (χ1n) is 9.37. The van der Waals surface area contributed by atoms with Crippen LogP contribution in [0.2, 0.25) is 0 Å². The maximum atomic E-state index is 12.8. The number of alkyl halides is 3. The molecule has 164 valence electrons. The summed E-state index contributed by atoms with van der Waals surface area (Å²) in [7, 11) is 1.24. The minimum Gasteiger partial charge on any atom is -0.493 e. The van der Waals surface area contributed by atoms with Crippen molar-refractivity contribution in [3.63, 3.8) is 0 Å². The third-order valence-electron chi connectivity index (χ3n) is 4.43. The number of amides is 2. The molecule has 0 unspecified atom stereocenters. The van der Waals surface area contributed by atoms with Crippen LogP contribution in [0.15, 0.2) is 47.6 Å². The fourth-order valence-corrected chi connectivity index (χ4v) is 3.10. The molecule has 1 aliphatic rings. The van der Waals surface area contributed by atoms with Gasteiger partial charge in [-0.05, 0) is 55.3 Å². The lowest BCUT2D eigenvalue weighted by molar-refractivity contribution is -0.275. The van der Waals surface area contributed by atoms with Crippen molar-refractivity contribution < 1.29 is 32.2 Å². The van der Waals surface area contributed by atoms with Crippen LogP contribution in [0.5, 0.6) is 11.5 Å². The third kappa shape index (κ3) is 5.74. The van der Waals surface area contributed by atoms with Crippen LogP contribution in [-0.2, 0) is 4.79 Å². The number of benzene rings is 2. The fourth-order valence-electron chi connectivity index (χ4n) is 3.10. The number of rotatable bonds is 5. The summed E-state index contributed by atoms with van der Waals surface area (Å²) in [6, 6.07) is 10.5. The lowest BCUT2D eigenvalue weighted by atomic mass is 10.0. The van der Waals surface area contributed by atoms with E-state index in [1.54, 1.807) is 30.3 Å². The maximum absolute atomic E-state index is 12.8. The van der Waals surface area contributed by atoms with Crippen molar-refractivity contribution in [1.82, 2.24) is 5.01 Å². The summed E-state index contributed by atoms with van der Waals surface area (Å²) in [5.41, 5.74) is 1.79. The molecule has 2 amide bonds. The van der Waals surface area contributed by atoms with Gasteiger partial charge in [0.1, 0.15) is 0 Å². The van der Waals surface area contributed by atoms with Gasteiger partial charge in [0.25, 0.3) is 5.91 Å². The molecule has 2 aromatic carbocycles. The van der Waals surface area contributed by atoms with Crippen LogP contribution in [0, 0.1) is 0 Å². The van der Waals surface area contributed by atoms with Crippen molar-refractivity contribution in [2.75, 3.05) is 19.0 Å². The van der Waals surface area contributed by atoms with Gasteiger partial charge in [0.2, 0.25) is 5.91 Å². The molecule has 0 saturated carbocycles. The highest BCUT2D eigenvalue weighted by Crippen LogP contribution is 2.33. The normalized spacial score (nSPS) is 14.0. The molecule has 10 heteroatoms. The van der Waals surface area contributed by atoms with E-state index in [4.69, 9.17) is 4.74 Å². The zero-order valence-electron chi connectivity index (χ0n) is 16.8. The van der Waals surface area contributed by atoms with Gasteiger partial charge in [0.15, 0.2) is 11.5 Å². The van der Waals surface area contributed by atoms with Gasteiger partial charge in [-0.15, -0.1) is 13.2 Å². The van der Waals surface area contributed by atoms with E-state index in [2.05, 4.69) is 15.2 Å². The second-order valence-electron chi connectivity index (χ2n) is 6.75. The van der Waals surface area contributed by atoms with E-state index in [1.807, 2.05) is 0 Å². The number of nitrogens with one attached hydrogen (secondary N) is 1. The molecular formula is C21H20F3N3O4. The molecule has 31 heavy (non-hydrogen) atoms. The number of carbonyl (C=O) groups excluding carboxylic acids is 2. The summed E-state index contributed by atoms with van der Waals surface area (Å²) in [6.45, 7) is 1.76. The Labute approximate surface area is 176 Å². The summed E-state index contributed by atoms with van der Waals surface area (Å²) in [5, 5.41) is 8.24. The van der Waals surface area contributed by atoms with Crippen LogP contribution in [0.1, 0.15) is 35.7 Å². The number of carbonyl (C=O) groups is 2. The van der Waals surface area contributed by atoms with Gasteiger partial charge < -0.3 is 14.8 Å². The first-order chi connectivity index (χ1) is 14.7. The number of methoxy groups -OCH3 is 1. The Morgan fingerprint density at radius 2 is 1.81 bits per heavy atom. The lowest BCUT2D eigenvalue weighted by Crippen LogP contribution is -2.32. The molecule has 0 fully saturated rings. The summed E-state index contributed by atoms with van der Waals surface area (Å²) in [6.07, 6.45) is -3.79. The molecule has 2 aromatic rings.